The summed E-state index contributed by atoms with van der Waals surface area (Å²) in [6.45, 7) is 3.25. The Morgan fingerprint density at radius 2 is 1.85 bits per heavy atom. The zero-order valence-corrected chi connectivity index (χ0v) is 11.8. The first kappa shape index (κ1) is 13.1. The van der Waals surface area contributed by atoms with E-state index in [1.165, 1.54) is 5.56 Å². The van der Waals surface area contributed by atoms with Gasteiger partial charge in [0.05, 0.1) is 12.5 Å². The van der Waals surface area contributed by atoms with Crippen LogP contribution >= 0.6 is 0 Å². The molecule has 106 valence electrons. The Morgan fingerprint density at radius 3 is 2.40 bits per heavy atom. The molecule has 5 nitrogen and oxygen atoms in total. The lowest BCUT2D eigenvalue weighted by molar-refractivity contribution is 0.0523. The average molecular weight is 274 g/mol. The van der Waals surface area contributed by atoms with Crippen LogP contribution in [0, 0.1) is 6.92 Å². The molecule has 0 amide bonds. The fourth-order valence-corrected chi connectivity index (χ4v) is 2.75. The molecule has 0 radical (unpaired) electrons. The molecule has 1 aromatic carbocycles. The van der Waals surface area contributed by atoms with Gasteiger partial charge in [0.15, 0.2) is 5.82 Å². The summed E-state index contributed by atoms with van der Waals surface area (Å²) in [5.41, 5.74) is 0.927. The highest BCUT2D eigenvalue weighted by atomic mass is 16.5. The van der Waals surface area contributed by atoms with Crippen molar-refractivity contribution in [1.29, 1.82) is 0 Å². The first-order valence-corrected chi connectivity index (χ1v) is 6.78. The molecule has 0 saturated carbocycles. The van der Waals surface area contributed by atoms with Gasteiger partial charge >= 0.3 is 0 Å². The number of rotatable bonds is 3. The first-order valence-electron chi connectivity index (χ1n) is 6.78. The van der Waals surface area contributed by atoms with Crippen LogP contribution in [0.5, 0.6) is 5.75 Å². The molecule has 0 N–H and O–H groups in total. The van der Waals surface area contributed by atoms with Gasteiger partial charge in [-0.2, -0.15) is 4.98 Å². The monoisotopic (exact) mass is 274 g/mol. The van der Waals surface area contributed by atoms with Crippen molar-refractivity contribution in [3.63, 3.8) is 0 Å². The van der Waals surface area contributed by atoms with E-state index >= 15 is 0 Å². The Hall–Kier alpha value is -1.88. The van der Waals surface area contributed by atoms with Crippen LogP contribution in [0.25, 0.3) is 0 Å². The van der Waals surface area contributed by atoms with Crippen molar-refractivity contribution >= 4 is 0 Å². The van der Waals surface area contributed by atoms with Crippen molar-refractivity contribution in [2.24, 2.45) is 0 Å². The van der Waals surface area contributed by atoms with Gasteiger partial charge in [0.2, 0.25) is 5.89 Å². The van der Waals surface area contributed by atoms with E-state index in [0.717, 1.165) is 18.6 Å². The van der Waals surface area contributed by atoms with E-state index in [1.807, 2.05) is 19.1 Å². The maximum Gasteiger partial charge on any atom is 0.237 e. The second-order valence-electron chi connectivity index (χ2n) is 5.07. The molecule has 0 unspecified atom stereocenters. The number of aryl methyl sites for hydroxylation is 1. The van der Waals surface area contributed by atoms with E-state index in [4.69, 9.17) is 14.0 Å². The minimum absolute atomic E-state index is 0.244. The summed E-state index contributed by atoms with van der Waals surface area (Å²) < 4.78 is 16.2. The molecule has 1 fully saturated rings. The molecular weight excluding hydrogens is 256 g/mol. The van der Waals surface area contributed by atoms with Crippen LogP contribution in [-0.2, 0) is 10.2 Å². The highest BCUT2D eigenvalue weighted by Crippen LogP contribution is 2.40. The van der Waals surface area contributed by atoms with Crippen molar-refractivity contribution in [2.75, 3.05) is 20.3 Å². The SMILES string of the molecule is COc1ccc(C2(c3nc(C)no3)CCOCC2)cc1. The lowest BCUT2D eigenvalue weighted by Crippen LogP contribution is -2.35. The van der Waals surface area contributed by atoms with Gasteiger partial charge in [-0.3, -0.25) is 0 Å². The smallest absolute Gasteiger partial charge is 0.237 e. The summed E-state index contributed by atoms with van der Waals surface area (Å²) in [6, 6.07) is 8.08. The predicted octanol–water partition coefficient (Wildman–Crippen LogP) is 2.48. The predicted molar refractivity (Wildman–Crippen MR) is 72.9 cm³/mol. The Labute approximate surface area is 117 Å². The zero-order chi connectivity index (χ0) is 14.0. The van der Waals surface area contributed by atoms with Gasteiger partial charge in [-0.15, -0.1) is 0 Å². The zero-order valence-electron chi connectivity index (χ0n) is 11.8. The highest BCUT2D eigenvalue weighted by molar-refractivity contribution is 5.36. The molecule has 0 bridgehead atoms. The van der Waals surface area contributed by atoms with Crippen molar-refractivity contribution < 1.29 is 14.0 Å². The molecular formula is C15H18N2O3. The summed E-state index contributed by atoms with van der Waals surface area (Å²) in [4.78, 5) is 4.46. The van der Waals surface area contributed by atoms with Gasteiger partial charge in [-0.1, -0.05) is 17.3 Å². The maximum atomic E-state index is 5.50. The van der Waals surface area contributed by atoms with E-state index in [0.29, 0.717) is 24.9 Å². The molecule has 1 aliphatic heterocycles. The fourth-order valence-electron chi connectivity index (χ4n) is 2.75. The van der Waals surface area contributed by atoms with Crippen LogP contribution in [0.3, 0.4) is 0 Å². The molecule has 1 aromatic heterocycles. The normalized spacial score (nSPS) is 17.9. The van der Waals surface area contributed by atoms with Crippen LogP contribution in [-0.4, -0.2) is 30.5 Å². The highest BCUT2D eigenvalue weighted by Gasteiger charge is 2.41. The number of aromatic nitrogens is 2. The van der Waals surface area contributed by atoms with Crippen LogP contribution < -0.4 is 4.74 Å². The Balaban J connectivity index is 2.04. The molecule has 0 aliphatic carbocycles. The van der Waals surface area contributed by atoms with Crippen molar-refractivity contribution in [1.82, 2.24) is 10.1 Å². The molecule has 1 aliphatic rings. The van der Waals surface area contributed by atoms with Crippen LogP contribution in [0.15, 0.2) is 28.8 Å². The van der Waals surface area contributed by atoms with Gasteiger partial charge in [0.1, 0.15) is 5.75 Å². The van der Waals surface area contributed by atoms with Crippen LogP contribution in [0.4, 0.5) is 0 Å². The molecule has 0 spiro atoms. The summed E-state index contributed by atoms with van der Waals surface area (Å²) in [6.07, 6.45) is 1.70. The molecule has 1 saturated heterocycles. The van der Waals surface area contributed by atoms with Gasteiger partial charge in [0, 0.05) is 13.2 Å². The Morgan fingerprint density at radius 1 is 1.15 bits per heavy atom. The third-order valence-corrected chi connectivity index (χ3v) is 3.93. The largest absolute Gasteiger partial charge is 0.497 e. The van der Waals surface area contributed by atoms with Crippen molar-refractivity contribution in [3.8, 4) is 5.75 Å². The standard InChI is InChI=1S/C15H18N2O3/c1-11-16-14(20-17-11)15(7-9-19-10-8-15)12-3-5-13(18-2)6-4-12/h3-6H,7-10H2,1-2H3. The van der Waals surface area contributed by atoms with Gasteiger partial charge in [-0.25, -0.2) is 0 Å². The van der Waals surface area contributed by atoms with Crippen molar-refractivity contribution in [2.45, 2.75) is 25.2 Å². The molecule has 2 heterocycles. The van der Waals surface area contributed by atoms with E-state index in [1.54, 1.807) is 7.11 Å². The fraction of sp³-hybridized carbons (Fsp3) is 0.467. The summed E-state index contributed by atoms with van der Waals surface area (Å²) in [7, 11) is 1.67. The molecule has 5 heteroatoms. The summed E-state index contributed by atoms with van der Waals surface area (Å²) >= 11 is 0. The average Bonchev–Trinajstić information content (AvgIpc) is 2.95. The number of methoxy groups -OCH3 is 1. The summed E-state index contributed by atoms with van der Waals surface area (Å²) in [5.74, 6) is 2.19. The number of hydrogen-bond acceptors (Lipinski definition) is 5. The third-order valence-electron chi connectivity index (χ3n) is 3.93. The quantitative estimate of drug-likeness (QED) is 0.860. The molecule has 0 atom stereocenters. The van der Waals surface area contributed by atoms with E-state index < -0.39 is 0 Å². The Kier molecular flexibility index (Phi) is 3.44. The first-order chi connectivity index (χ1) is 9.74. The summed E-state index contributed by atoms with van der Waals surface area (Å²) in [5, 5.41) is 3.94. The van der Waals surface area contributed by atoms with E-state index in [2.05, 4.69) is 22.3 Å². The number of nitrogens with zero attached hydrogens (tertiary/aromatic N) is 2. The second-order valence-corrected chi connectivity index (χ2v) is 5.07. The van der Waals surface area contributed by atoms with Gasteiger partial charge in [-0.05, 0) is 37.5 Å². The van der Waals surface area contributed by atoms with E-state index in [-0.39, 0.29) is 5.41 Å². The molecule has 20 heavy (non-hydrogen) atoms. The third kappa shape index (κ3) is 2.18. The van der Waals surface area contributed by atoms with E-state index in [9.17, 15) is 0 Å². The lowest BCUT2D eigenvalue weighted by Gasteiger charge is -2.34. The van der Waals surface area contributed by atoms with Gasteiger partial charge in [0.25, 0.3) is 0 Å². The minimum atomic E-state index is -0.244. The molecule has 3 rings (SSSR count). The second kappa shape index (κ2) is 5.25. The number of ether oxygens (including phenoxy) is 2. The number of benzene rings is 1. The van der Waals surface area contributed by atoms with Crippen molar-refractivity contribution in [3.05, 3.63) is 41.5 Å². The minimum Gasteiger partial charge on any atom is -0.497 e. The van der Waals surface area contributed by atoms with Crippen LogP contribution in [0.1, 0.15) is 30.1 Å². The number of hydrogen-bond donors (Lipinski definition) is 0. The maximum absolute atomic E-state index is 5.50. The Bertz CT molecular complexity index is 571. The lowest BCUT2D eigenvalue weighted by atomic mass is 9.74. The molecule has 2 aromatic rings. The van der Waals surface area contributed by atoms with Crippen LogP contribution in [0.2, 0.25) is 0 Å². The van der Waals surface area contributed by atoms with Gasteiger partial charge < -0.3 is 14.0 Å². The topological polar surface area (TPSA) is 57.4 Å².